The highest BCUT2D eigenvalue weighted by atomic mass is 35.5. The van der Waals surface area contributed by atoms with Crippen LogP contribution < -0.4 is 16.0 Å². The van der Waals surface area contributed by atoms with Crippen LogP contribution in [0, 0.1) is 0 Å². The van der Waals surface area contributed by atoms with Crippen molar-refractivity contribution < 1.29 is 9.59 Å². The van der Waals surface area contributed by atoms with Crippen molar-refractivity contribution in [1.29, 1.82) is 0 Å². The van der Waals surface area contributed by atoms with Crippen LogP contribution in [0.5, 0.6) is 0 Å². The van der Waals surface area contributed by atoms with E-state index in [1.165, 1.54) is 5.56 Å². The fourth-order valence-corrected chi connectivity index (χ4v) is 2.21. The largest absolute Gasteiger partial charge is 0.346 e. The number of fused-ring (bicyclic) bond motifs is 1. The molecule has 0 spiro atoms. The van der Waals surface area contributed by atoms with Crippen LogP contribution in [-0.4, -0.2) is 30.9 Å². The fourth-order valence-electron chi connectivity index (χ4n) is 2.21. The van der Waals surface area contributed by atoms with Crippen molar-refractivity contribution in [3.8, 4) is 0 Å². The third kappa shape index (κ3) is 3.71. The Kier molecular flexibility index (Phi) is 5.98. The van der Waals surface area contributed by atoms with Gasteiger partial charge in [-0.3, -0.25) is 9.59 Å². The van der Waals surface area contributed by atoms with Gasteiger partial charge < -0.3 is 16.0 Å². The topological polar surface area (TPSA) is 75.4 Å². The number of nitrogens with one attached hydrogen (secondary N) is 1. The van der Waals surface area contributed by atoms with Crippen LogP contribution in [0.2, 0.25) is 0 Å². The normalized spacial score (nSPS) is 14.8. The molecule has 0 aromatic heterocycles. The highest BCUT2D eigenvalue weighted by Gasteiger charge is 2.22. The van der Waals surface area contributed by atoms with Gasteiger partial charge in [0.05, 0.1) is 12.6 Å². The summed E-state index contributed by atoms with van der Waals surface area (Å²) in [6.45, 7) is 2.29. The Bertz CT molecular complexity index is 491. The summed E-state index contributed by atoms with van der Waals surface area (Å²) >= 11 is 0. The molecule has 110 valence electrons. The average Bonchev–Trinajstić information content (AvgIpc) is 2.43. The monoisotopic (exact) mass is 297 g/mol. The summed E-state index contributed by atoms with van der Waals surface area (Å²) in [6.07, 6.45) is 1.94. The summed E-state index contributed by atoms with van der Waals surface area (Å²) in [6, 6.07) is 7.28. The number of halogens is 1. The van der Waals surface area contributed by atoms with Crippen LogP contribution in [-0.2, 0) is 16.0 Å². The number of hydrogen-bond donors (Lipinski definition) is 2. The maximum Gasteiger partial charge on any atom is 0.246 e. The first-order valence-electron chi connectivity index (χ1n) is 6.51. The second-order valence-corrected chi connectivity index (χ2v) is 4.78. The van der Waals surface area contributed by atoms with Crippen molar-refractivity contribution in [3.63, 3.8) is 0 Å². The number of aryl methyl sites for hydroxylation is 1. The zero-order valence-electron chi connectivity index (χ0n) is 11.5. The predicted octanol–water partition coefficient (Wildman–Crippen LogP) is 0.851. The van der Waals surface area contributed by atoms with Crippen LogP contribution in [0.25, 0.3) is 0 Å². The van der Waals surface area contributed by atoms with Crippen LogP contribution >= 0.6 is 12.4 Å². The molecule has 3 N–H and O–H groups in total. The summed E-state index contributed by atoms with van der Waals surface area (Å²) in [7, 11) is 0. The Labute approximate surface area is 124 Å². The molecule has 6 heteroatoms. The number of carbonyl (C=O) groups is 2. The molecule has 0 aliphatic carbocycles. The molecule has 0 unspecified atom stereocenters. The fraction of sp³-hybridized carbons (Fsp3) is 0.429. The highest BCUT2D eigenvalue weighted by molar-refractivity contribution is 5.98. The van der Waals surface area contributed by atoms with Crippen molar-refractivity contribution in [2.75, 3.05) is 18.0 Å². The molecule has 1 aliphatic rings. The summed E-state index contributed by atoms with van der Waals surface area (Å²) < 4.78 is 0. The van der Waals surface area contributed by atoms with Crippen LogP contribution in [0.15, 0.2) is 24.3 Å². The van der Waals surface area contributed by atoms with Gasteiger partial charge in [0.25, 0.3) is 0 Å². The summed E-state index contributed by atoms with van der Waals surface area (Å²) in [5, 5.41) is 2.55. The number of nitrogens with two attached hydrogens (primary N) is 1. The molecule has 1 aliphatic heterocycles. The lowest BCUT2D eigenvalue weighted by molar-refractivity contribution is -0.125. The Balaban J connectivity index is 0.00000200. The standard InChI is InChI=1S/C14H19N3O2.ClH/c1-10(15)14(19)16-9-13(18)17-8-4-6-11-5-2-3-7-12(11)17;/h2-3,5,7,10H,4,6,8-9,15H2,1H3,(H,16,19);1H/t10-;/m1./s1. The molecule has 0 radical (unpaired) electrons. The Hall–Kier alpha value is -1.59. The van der Waals surface area contributed by atoms with Gasteiger partial charge in [-0.25, -0.2) is 0 Å². The first-order valence-corrected chi connectivity index (χ1v) is 6.51. The number of para-hydroxylation sites is 1. The van der Waals surface area contributed by atoms with Crippen LogP contribution in [0.1, 0.15) is 18.9 Å². The number of anilines is 1. The zero-order chi connectivity index (χ0) is 13.8. The molecular weight excluding hydrogens is 278 g/mol. The number of hydrogen-bond acceptors (Lipinski definition) is 3. The van der Waals surface area contributed by atoms with Crippen molar-refractivity contribution in [3.05, 3.63) is 29.8 Å². The second kappa shape index (κ2) is 7.26. The molecular formula is C14H20ClN3O2. The van der Waals surface area contributed by atoms with E-state index >= 15 is 0 Å². The molecule has 1 aromatic rings. The van der Waals surface area contributed by atoms with Crippen molar-refractivity contribution in [1.82, 2.24) is 5.32 Å². The summed E-state index contributed by atoms with van der Waals surface area (Å²) in [4.78, 5) is 25.3. The van der Waals surface area contributed by atoms with Gasteiger partial charge in [0.1, 0.15) is 0 Å². The summed E-state index contributed by atoms with van der Waals surface area (Å²) in [5.41, 5.74) is 7.57. The van der Waals surface area contributed by atoms with Gasteiger partial charge in [0, 0.05) is 12.2 Å². The molecule has 2 rings (SSSR count). The lowest BCUT2D eigenvalue weighted by atomic mass is 10.0. The quantitative estimate of drug-likeness (QED) is 0.868. The molecule has 1 heterocycles. The van der Waals surface area contributed by atoms with Crippen molar-refractivity contribution in [2.24, 2.45) is 5.73 Å². The van der Waals surface area contributed by atoms with E-state index in [1.54, 1.807) is 11.8 Å². The van der Waals surface area contributed by atoms with Gasteiger partial charge in [-0.05, 0) is 31.4 Å². The van der Waals surface area contributed by atoms with E-state index in [-0.39, 0.29) is 30.8 Å². The minimum absolute atomic E-state index is 0. The van der Waals surface area contributed by atoms with E-state index < -0.39 is 6.04 Å². The first kappa shape index (κ1) is 16.5. The lowest BCUT2D eigenvalue weighted by Crippen LogP contribution is -2.46. The first-order chi connectivity index (χ1) is 9.09. The molecule has 0 fully saturated rings. The Morgan fingerprint density at radius 3 is 2.80 bits per heavy atom. The van der Waals surface area contributed by atoms with Crippen molar-refractivity contribution >= 4 is 29.9 Å². The minimum atomic E-state index is -0.596. The average molecular weight is 298 g/mol. The molecule has 0 saturated carbocycles. The number of carbonyl (C=O) groups excluding carboxylic acids is 2. The molecule has 0 bridgehead atoms. The van der Waals surface area contributed by atoms with E-state index in [0.717, 1.165) is 18.5 Å². The Morgan fingerprint density at radius 1 is 1.40 bits per heavy atom. The predicted molar refractivity (Wildman–Crippen MR) is 81.0 cm³/mol. The number of amides is 2. The van der Waals surface area contributed by atoms with Gasteiger partial charge in [-0.15, -0.1) is 12.4 Å². The molecule has 1 atom stereocenters. The van der Waals surface area contributed by atoms with Gasteiger partial charge >= 0.3 is 0 Å². The van der Waals surface area contributed by atoms with Gasteiger partial charge in [0.15, 0.2) is 0 Å². The molecule has 0 saturated heterocycles. The van der Waals surface area contributed by atoms with E-state index in [2.05, 4.69) is 5.32 Å². The summed E-state index contributed by atoms with van der Waals surface area (Å²) in [5.74, 6) is -0.403. The smallest absolute Gasteiger partial charge is 0.246 e. The van der Waals surface area contributed by atoms with Crippen molar-refractivity contribution in [2.45, 2.75) is 25.8 Å². The van der Waals surface area contributed by atoms with Gasteiger partial charge in [0.2, 0.25) is 11.8 Å². The minimum Gasteiger partial charge on any atom is -0.346 e. The lowest BCUT2D eigenvalue weighted by Gasteiger charge is -2.29. The number of nitrogens with zero attached hydrogens (tertiary/aromatic N) is 1. The molecule has 2 amide bonds. The highest BCUT2D eigenvalue weighted by Crippen LogP contribution is 2.26. The number of rotatable bonds is 3. The maximum absolute atomic E-state index is 12.2. The van der Waals surface area contributed by atoms with E-state index in [0.29, 0.717) is 6.54 Å². The van der Waals surface area contributed by atoms with E-state index in [1.807, 2.05) is 24.3 Å². The third-order valence-electron chi connectivity index (χ3n) is 3.24. The van der Waals surface area contributed by atoms with E-state index in [4.69, 9.17) is 5.73 Å². The molecule has 1 aromatic carbocycles. The van der Waals surface area contributed by atoms with E-state index in [9.17, 15) is 9.59 Å². The Morgan fingerprint density at radius 2 is 2.10 bits per heavy atom. The van der Waals surface area contributed by atoms with Crippen LogP contribution in [0.3, 0.4) is 0 Å². The zero-order valence-corrected chi connectivity index (χ0v) is 12.3. The SMILES string of the molecule is C[C@@H](N)C(=O)NCC(=O)N1CCCc2ccccc21.Cl. The van der Waals surface area contributed by atoms with Crippen LogP contribution in [0.4, 0.5) is 5.69 Å². The van der Waals surface area contributed by atoms with Gasteiger partial charge in [-0.2, -0.15) is 0 Å². The maximum atomic E-state index is 12.2. The van der Waals surface area contributed by atoms with Gasteiger partial charge in [-0.1, -0.05) is 18.2 Å². The molecule has 20 heavy (non-hydrogen) atoms. The second-order valence-electron chi connectivity index (χ2n) is 4.78. The third-order valence-corrected chi connectivity index (χ3v) is 3.24. The number of benzene rings is 1. The molecule has 5 nitrogen and oxygen atoms in total.